The molecule has 0 aliphatic carbocycles. The number of aryl methyl sites for hydroxylation is 3. The first kappa shape index (κ1) is 17.6. The number of ether oxygens (including phenoxy) is 1. The van der Waals surface area contributed by atoms with E-state index in [0.717, 1.165) is 17.7 Å². The Morgan fingerprint density at radius 2 is 1.92 bits per heavy atom. The van der Waals surface area contributed by atoms with Crippen LogP contribution in [0.25, 0.3) is 5.69 Å². The smallest absolute Gasteiger partial charge is 0.262 e. The fourth-order valence-corrected chi connectivity index (χ4v) is 2.54. The zero-order chi connectivity index (χ0) is 18.5. The van der Waals surface area contributed by atoms with Gasteiger partial charge in [0.15, 0.2) is 12.4 Å². The Kier molecular flexibility index (Phi) is 5.26. The number of anilines is 1. The number of aromatic nitrogens is 4. The van der Waals surface area contributed by atoms with E-state index in [2.05, 4.69) is 27.8 Å². The summed E-state index contributed by atoms with van der Waals surface area (Å²) in [6, 6.07) is 13.3. The predicted octanol–water partition coefficient (Wildman–Crippen LogP) is 2.86. The molecule has 3 rings (SSSR count). The van der Waals surface area contributed by atoms with Crippen LogP contribution in [0.1, 0.15) is 23.9 Å². The van der Waals surface area contributed by atoms with Gasteiger partial charge < -0.3 is 10.1 Å². The van der Waals surface area contributed by atoms with Crippen molar-refractivity contribution in [2.45, 2.75) is 27.2 Å². The van der Waals surface area contributed by atoms with Crippen LogP contribution in [0.3, 0.4) is 0 Å². The topological polar surface area (TPSA) is 81.9 Å². The molecule has 0 spiro atoms. The van der Waals surface area contributed by atoms with E-state index in [4.69, 9.17) is 4.74 Å². The molecule has 0 radical (unpaired) electrons. The minimum absolute atomic E-state index is 0.0570. The van der Waals surface area contributed by atoms with Gasteiger partial charge in [-0.25, -0.2) is 0 Å². The Bertz CT molecular complexity index is 903. The molecule has 0 atom stereocenters. The Hall–Kier alpha value is -3.22. The van der Waals surface area contributed by atoms with Crippen molar-refractivity contribution in [3.05, 3.63) is 59.4 Å². The second kappa shape index (κ2) is 7.77. The number of amides is 1. The number of rotatable bonds is 6. The van der Waals surface area contributed by atoms with E-state index in [1.54, 1.807) is 4.68 Å². The lowest BCUT2D eigenvalue weighted by atomic mass is 10.1. The normalized spacial score (nSPS) is 10.6. The van der Waals surface area contributed by atoms with Gasteiger partial charge in [-0.15, -0.1) is 5.10 Å². The second-order valence-corrected chi connectivity index (χ2v) is 5.97. The molecule has 0 aliphatic rings. The molecule has 0 aliphatic heterocycles. The van der Waals surface area contributed by atoms with Gasteiger partial charge in [-0.05, 0) is 66.1 Å². The number of nitrogens with one attached hydrogen (secondary N) is 1. The number of hydrogen-bond donors (Lipinski definition) is 1. The molecule has 2 aromatic carbocycles. The lowest BCUT2D eigenvalue weighted by molar-refractivity contribution is -0.118. The Morgan fingerprint density at radius 3 is 2.58 bits per heavy atom. The highest BCUT2D eigenvalue weighted by molar-refractivity contribution is 5.92. The van der Waals surface area contributed by atoms with Crippen LogP contribution < -0.4 is 10.1 Å². The van der Waals surface area contributed by atoms with Crippen LogP contribution in [-0.2, 0) is 11.2 Å². The number of carbonyl (C=O) groups excluding carboxylic acids is 1. The van der Waals surface area contributed by atoms with Crippen LogP contribution in [-0.4, -0.2) is 32.7 Å². The monoisotopic (exact) mass is 351 g/mol. The van der Waals surface area contributed by atoms with Gasteiger partial charge in [-0.1, -0.05) is 25.1 Å². The van der Waals surface area contributed by atoms with Crippen molar-refractivity contribution in [3.8, 4) is 11.4 Å². The number of benzene rings is 2. The molecule has 0 unspecified atom stereocenters. The summed E-state index contributed by atoms with van der Waals surface area (Å²) in [5, 5.41) is 14.4. The van der Waals surface area contributed by atoms with E-state index in [0.29, 0.717) is 17.3 Å². The molecule has 0 saturated heterocycles. The van der Waals surface area contributed by atoms with Gasteiger partial charge in [0.25, 0.3) is 5.91 Å². The van der Waals surface area contributed by atoms with Crippen molar-refractivity contribution >= 4 is 11.6 Å². The van der Waals surface area contributed by atoms with E-state index >= 15 is 0 Å². The molecule has 134 valence electrons. The zero-order valence-electron chi connectivity index (χ0n) is 15.1. The summed E-state index contributed by atoms with van der Waals surface area (Å²) in [6.45, 7) is 5.82. The van der Waals surface area contributed by atoms with Crippen molar-refractivity contribution in [2.24, 2.45) is 0 Å². The third-order valence-corrected chi connectivity index (χ3v) is 4.05. The number of nitrogens with zero attached hydrogens (tertiary/aromatic N) is 4. The summed E-state index contributed by atoms with van der Waals surface area (Å²) < 4.78 is 7.17. The van der Waals surface area contributed by atoms with Crippen molar-refractivity contribution in [1.29, 1.82) is 0 Å². The van der Waals surface area contributed by atoms with Crippen LogP contribution in [0.5, 0.6) is 5.75 Å². The van der Waals surface area contributed by atoms with E-state index in [1.807, 2.05) is 56.3 Å². The van der Waals surface area contributed by atoms with Gasteiger partial charge in [0.05, 0.1) is 5.69 Å². The quantitative estimate of drug-likeness (QED) is 0.738. The van der Waals surface area contributed by atoms with Crippen LogP contribution in [0.15, 0.2) is 42.5 Å². The van der Waals surface area contributed by atoms with Gasteiger partial charge in [0.2, 0.25) is 0 Å². The van der Waals surface area contributed by atoms with Gasteiger partial charge in [-0.2, -0.15) is 4.68 Å². The highest BCUT2D eigenvalue weighted by Gasteiger charge is 2.10. The zero-order valence-corrected chi connectivity index (χ0v) is 15.1. The van der Waals surface area contributed by atoms with Gasteiger partial charge in [0.1, 0.15) is 5.75 Å². The lowest BCUT2D eigenvalue weighted by Gasteiger charge is -2.11. The number of hydrogen-bond acceptors (Lipinski definition) is 5. The average molecular weight is 351 g/mol. The fourth-order valence-electron chi connectivity index (χ4n) is 2.54. The molecule has 0 bridgehead atoms. The van der Waals surface area contributed by atoms with Gasteiger partial charge in [-0.3, -0.25) is 4.79 Å². The lowest BCUT2D eigenvalue weighted by Crippen LogP contribution is -2.20. The van der Waals surface area contributed by atoms with Crippen LogP contribution >= 0.6 is 0 Å². The van der Waals surface area contributed by atoms with Crippen molar-refractivity contribution in [2.75, 3.05) is 11.9 Å². The average Bonchev–Trinajstić information content (AvgIpc) is 3.08. The molecule has 1 heterocycles. The molecule has 0 saturated carbocycles. The van der Waals surface area contributed by atoms with E-state index in [9.17, 15) is 4.79 Å². The maximum Gasteiger partial charge on any atom is 0.262 e. The number of tetrazole rings is 1. The molecule has 1 amide bonds. The molecule has 0 fully saturated rings. The van der Waals surface area contributed by atoms with Crippen molar-refractivity contribution in [1.82, 2.24) is 20.2 Å². The minimum Gasteiger partial charge on any atom is -0.484 e. The van der Waals surface area contributed by atoms with Gasteiger partial charge >= 0.3 is 0 Å². The molecule has 7 heteroatoms. The molecular formula is C19H21N5O2. The Balaban J connectivity index is 1.65. The summed E-state index contributed by atoms with van der Waals surface area (Å²) in [5.74, 6) is 1.12. The first-order chi connectivity index (χ1) is 12.6. The summed E-state index contributed by atoms with van der Waals surface area (Å²) >= 11 is 0. The standard InChI is InChI=1S/C19H21N5O2/c1-4-15-6-9-17(10-7-15)26-12-19(25)20-16-8-5-13(2)18(11-16)24-14(3)21-22-23-24/h5-11H,4,12H2,1-3H3,(H,20,25). The van der Waals surface area contributed by atoms with Crippen LogP contribution in [0.4, 0.5) is 5.69 Å². The minimum atomic E-state index is -0.229. The predicted molar refractivity (Wildman–Crippen MR) is 98.6 cm³/mol. The Labute approximate surface area is 152 Å². The van der Waals surface area contributed by atoms with Crippen LogP contribution in [0.2, 0.25) is 0 Å². The van der Waals surface area contributed by atoms with E-state index in [1.165, 1.54) is 5.56 Å². The van der Waals surface area contributed by atoms with Gasteiger partial charge in [0, 0.05) is 5.69 Å². The van der Waals surface area contributed by atoms with Crippen molar-refractivity contribution in [3.63, 3.8) is 0 Å². The second-order valence-electron chi connectivity index (χ2n) is 5.97. The highest BCUT2D eigenvalue weighted by atomic mass is 16.5. The van der Waals surface area contributed by atoms with E-state index in [-0.39, 0.29) is 12.5 Å². The van der Waals surface area contributed by atoms with Crippen LogP contribution in [0, 0.1) is 13.8 Å². The van der Waals surface area contributed by atoms with E-state index < -0.39 is 0 Å². The third-order valence-electron chi connectivity index (χ3n) is 4.05. The first-order valence-corrected chi connectivity index (χ1v) is 8.44. The Morgan fingerprint density at radius 1 is 1.15 bits per heavy atom. The molecule has 3 aromatic rings. The summed E-state index contributed by atoms with van der Waals surface area (Å²) in [6.07, 6.45) is 0.970. The molecular weight excluding hydrogens is 330 g/mol. The maximum atomic E-state index is 12.2. The largest absolute Gasteiger partial charge is 0.484 e. The fraction of sp³-hybridized carbons (Fsp3) is 0.263. The molecule has 1 N–H and O–H groups in total. The first-order valence-electron chi connectivity index (χ1n) is 8.44. The van der Waals surface area contributed by atoms with Crippen molar-refractivity contribution < 1.29 is 9.53 Å². The molecule has 7 nitrogen and oxygen atoms in total. The number of carbonyl (C=O) groups is 1. The highest BCUT2D eigenvalue weighted by Crippen LogP contribution is 2.19. The SMILES string of the molecule is CCc1ccc(OCC(=O)Nc2ccc(C)c(-n3nnnc3C)c2)cc1. The summed E-state index contributed by atoms with van der Waals surface area (Å²) in [5.41, 5.74) is 3.72. The maximum absolute atomic E-state index is 12.2. The third kappa shape index (κ3) is 4.05. The molecule has 26 heavy (non-hydrogen) atoms. The summed E-state index contributed by atoms with van der Waals surface area (Å²) in [7, 11) is 0. The molecule has 1 aromatic heterocycles. The summed E-state index contributed by atoms with van der Waals surface area (Å²) in [4.78, 5) is 12.2.